The van der Waals surface area contributed by atoms with E-state index >= 15 is 0 Å². The maximum Gasteiger partial charge on any atom is 0.472 e. The summed E-state index contributed by atoms with van der Waals surface area (Å²) in [5.74, 6) is -2.16. The highest BCUT2D eigenvalue weighted by atomic mass is 31.2. The van der Waals surface area contributed by atoms with E-state index in [9.17, 15) is 43.2 Å². The summed E-state index contributed by atoms with van der Waals surface area (Å²) >= 11 is 0. The van der Waals surface area contributed by atoms with Crippen molar-refractivity contribution < 1.29 is 80.2 Å². The minimum Gasteiger partial charge on any atom is -0.462 e. The third-order valence-electron chi connectivity index (χ3n) is 16.6. The fraction of sp³-hybridized carbons (Fsp3) is 0.867. The Kier molecular flexibility index (Phi) is 66.8. The van der Waals surface area contributed by atoms with Crippen LogP contribution in [0.15, 0.2) is 36.5 Å². The molecule has 0 bridgehead atoms. The number of phosphoric acid groups is 2. The van der Waals surface area contributed by atoms with Gasteiger partial charge in [0.2, 0.25) is 0 Å². The summed E-state index contributed by atoms with van der Waals surface area (Å²) in [4.78, 5) is 72.7. The van der Waals surface area contributed by atoms with Crippen LogP contribution >= 0.6 is 15.6 Å². The van der Waals surface area contributed by atoms with Crippen molar-refractivity contribution >= 4 is 39.5 Å². The molecule has 0 aliphatic carbocycles. The Bertz CT molecular complexity index is 1930. The normalized spacial score (nSPS) is 14.2. The van der Waals surface area contributed by atoms with Crippen molar-refractivity contribution in [3.05, 3.63) is 36.5 Å². The zero-order valence-electron chi connectivity index (χ0n) is 60.2. The summed E-state index contributed by atoms with van der Waals surface area (Å²) in [5, 5.41) is 10.6. The van der Waals surface area contributed by atoms with Crippen molar-refractivity contribution in [1.29, 1.82) is 0 Å². The molecule has 3 N–H and O–H groups in total. The summed E-state index contributed by atoms with van der Waals surface area (Å²) in [5.41, 5.74) is 0. The Morgan fingerprint density at radius 2 is 0.521 bits per heavy atom. The van der Waals surface area contributed by atoms with Crippen LogP contribution in [-0.2, 0) is 65.4 Å². The van der Waals surface area contributed by atoms with Crippen molar-refractivity contribution in [3.8, 4) is 0 Å². The Labute approximate surface area is 573 Å². The van der Waals surface area contributed by atoms with Gasteiger partial charge in [-0.3, -0.25) is 37.3 Å². The predicted octanol–water partition coefficient (Wildman–Crippen LogP) is 21.6. The standard InChI is InChI=1S/C75H140O17P2/c1-5-9-13-17-21-25-29-33-34-38-40-44-48-52-56-60-73(78)86-66-71(92-75(80)62-58-54-50-46-42-37-32-28-24-20-16-12-8-4)68-90-94(83,84)88-64-69(76)63-87-93(81,82)89-67-70(91-74(79)61-57-53-49-45-41-36-31-27-23-19-15-11-7-3)65-85-72(77)59-55-51-47-43-39-35-30-26-22-18-14-10-6-2/h21,25,28,32-34,69-71,76H,5-20,22-24,26-27,29-31,35-68H2,1-4H3,(H,81,82)(H,83,84)/b25-21-,32-28-,34-33-/t69-,70-,71-/m1/s1. The van der Waals surface area contributed by atoms with Gasteiger partial charge in [-0.05, 0) is 83.5 Å². The van der Waals surface area contributed by atoms with E-state index in [2.05, 4.69) is 64.2 Å². The second kappa shape index (κ2) is 68.8. The number of rotatable bonds is 73. The SMILES string of the molecule is CCCCC/C=C\C/C=C\CCCCCCCC(=O)OC[C@H](COP(=O)(O)OC[C@H](O)COP(=O)(O)OC[C@@H](COC(=O)CCCCCCCCCCCCCCC)OC(=O)CCCCCCCCCCCCCCC)OC(=O)CCCCCCC/C=C\CCCCCC. The molecular weight excluding hydrogens is 1230 g/mol. The van der Waals surface area contributed by atoms with Gasteiger partial charge in [0.15, 0.2) is 12.2 Å². The van der Waals surface area contributed by atoms with Crippen LogP contribution in [0.25, 0.3) is 0 Å². The van der Waals surface area contributed by atoms with E-state index in [1.807, 2.05) is 0 Å². The number of ether oxygens (including phenoxy) is 4. The molecule has 94 heavy (non-hydrogen) atoms. The maximum atomic E-state index is 13.1. The van der Waals surface area contributed by atoms with Crippen LogP contribution in [0.4, 0.5) is 0 Å². The number of phosphoric ester groups is 2. The lowest BCUT2D eigenvalue weighted by Gasteiger charge is -2.21. The van der Waals surface area contributed by atoms with E-state index in [0.29, 0.717) is 25.7 Å². The van der Waals surface area contributed by atoms with Gasteiger partial charge in [0, 0.05) is 25.7 Å². The molecule has 0 saturated carbocycles. The summed E-state index contributed by atoms with van der Waals surface area (Å²) in [7, 11) is -9.92. The Morgan fingerprint density at radius 1 is 0.298 bits per heavy atom. The first-order chi connectivity index (χ1) is 45.7. The molecule has 0 aliphatic heterocycles. The molecule has 2 unspecified atom stereocenters. The summed E-state index contributed by atoms with van der Waals surface area (Å²) in [6.07, 6.45) is 62.7. The highest BCUT2D eigenvalue weighted by Crippen LogP contribution is 2.45. The molecule has 17 nitrogen and oxygen atoms in total. The van der Waals surface area contributed by atoms with E-state index in [1.165, 1.54) is 154 Å². The number of allylic oxidation sites excluding steroid dienone is 6. The number of aliphatic hydroxyl groups is 1. The summed E-state index contributed by atoms with van der Waals surface area (Å²) in [6, 6.07) is 0. The molecule has 0 heterocycles. The lowest BCUT2D eigenvalue weighted by atomic mass is 10.0. The molecule has 0 saturated heterocycles. The lowest BCUT2D eigenvalue weighted by molar-refractivity contribution is -0.161. The minimum atomic E-state index is -4.97. The van der Waals surface area contributed by atoms with Crippen LogP contribution < -0.4 is 0 Å². The van der Waals surface area contributed by atoms with Crippen molar-refractivity contribution in [2.45, 2.75) is 380 Å². The second-order valence-electron chi connectivity index (χ2n) is 26.0. The van der Waals surface area contributed by atoms with E-state index in [1.54, 1.807) is 0 Å². The van der Waals surface area contributed by atoms with Crippen LogP contribution in [0.5, 0.6) is 0 Å². The van der Waals surface area contributed by atoms with Crippen molar-refractivity contribution in [1.82, 2.24) is 0 Å². The highest BCUT2D eigenvalue weighted by molar-refractivity contribution is 7.47. The number of hydrogen-bond acceptors (Lipinski definition) is 15. The molecule has 0 aromatic heterocycles. The van der Waals surface area contributed by atoms with Crippen molar-refractivity contribution in [2.75, 3.05) is 39.6 Å². The van der Waals surface area contributed by atoms with Gasteiger partial charge in [0.1, 0.15) is 19.3 Å². The fourth-order valence-corrected chi connectivity index (χ4v) is 12.3. The Morgan fingerprint density at radius 3 is 0.830 bits per heavy atom. The first-order valence-electron chi connectivity index (χ1n) is 38.2. The molecule has 0 spiro atoms. The van der Waals surface area contributed by atoms with Gasteiger partial charge < -0.3 is 33.8 Å². The molecule has 0 aromatic rings. The maximum absolute atomic E-state index is 13.1. The third-order valence-corrected chi connectivity index (χ3v) is 18.5. The monoisotopic (exact) mass is 1370 g/mol. The predicted molar refractivity (Wildman–Crippen MR) is 381 cm³/mol. The highest BCUT2D eigenvalue weighted by Gasteiger charge is 2.30. The molecular formula is C75H140O17P2. The largest absolute Gasteiger partial charge is 0.472 e. The first kappa shape index (κ1) is 91.3. The molecule has 5 atom stereocenters. The quantitative estimate of drug-likeness (QED) is 0.0169. The molecule has 0 aromatic carbocycles. The van der Waals surface area contributed by atoms with E-state index in [0.717, 1.165) is 128 Å². The zero-order valence-corrected chi connectivity index (χ0v) is 61.9. The van der Waals surface area contributed by atoms with E-state index in [-0.39, 0.29) is 25.7 Å². The van der Waals surface area contributed by atoms with Crippen molar-refractivity contribution in [2.24, 2.45) is 0 Å². The van der Waals surface area contributed by atoms with Gasteiger partial charge in [-0.1, -0.05) is 289 Å². The number of hydrogen-bond donors (Lipinski definition) is 3. The average Bonchev–Trinajstić information content (AvgIpc) is 1.67. The van der Waals surface area contributed by atoms with Gasteiger partial charge in [-0.25, -0.2) is 9.13 Å². The molecule has 0 amide bonds. The van der Waals surface area contributed by atoms with E-state index < -0.39 is 97.5 Å². The lowest BCUT2D eigenvalue weighted by Crippen LogP contribution is -2.30. The van der Waals surface area contributed by atoms with Crippen LogP contribution in [0, 0.1) is 0 Å². The molecule has 0 aliphatic rings. The molecule has 0 rings (SSSR count). The fourth-order valence-electron chi connectivity index (χ4n) is 10.7. The number of aliphatic hydroxyl groups excluding tert-OH is 1. The zero-order chi connectivity index (χ0) is 69.0. The first-order valence-corrected chi connectivity index (χ1v) is 41.2. The van der Waals surface area contributed by atoms with Gasteiger partial charge in [0.05, 0.1) is 26.4 Å². The van der Waals surface area contributed by atoms with Crippen molar-refractivity contribution in [3.63, 3.8) is 0 Å². The number of esters is 4. The average molecular weight is 1380 g/mol. The summed E-state index contributed by atoms with van der Waals surface area (Å²) in [6.45, 7) is 4.88. The van der Waals surface area contributed by atoms with Gasteiger partial charge in [-0.15, -0.1) is 0 Å². The smallest absolute Gasteiger partial charge is 0.462 e. The van der Waals surface area contributed by atoms with Crippen LogP contribution in [-0.4, -0.2) is 96.7 Å². The van der Waals surface area contributed by atoms with Gasteiger partial charge in [-0.2, -0.15) is 0 Å². The van der Waals surface area contributed by atoms with Crippen LogP contribution in [0.3, 0.4) is 0 Å². The number of unbranched alkanes of at least 4 members (excludes halogenated alkanes) is 41. The molecule has 19 heteroatoms. The van der Waals surface area contributed by atoms with Crippen LogP contribution in [0.2, 0.25) is 0 Å². The second-order valence-corrected chi connectivity index (χ2v) is 28.9. The number of carbonyl (C=O) groups is 4. The van der Waals surface area contributed by atoms with Gasteiger partial charge >= 0.3 is 39.5 Å². The molecule has 0 radical (unpaired) electrons. The minimum absolute atomic E-state index is 0.0876. The summed E-state index contributed by atoms with van der Waals surface area (Å²) < 4.78 is 68.4. The van der Waals surface area contributed by atoms with Gasteiger partial charge in [0.25, 0.3) is 0 Å². The molecule has 0 fully saturated rings. The molecule has 552 valence electrons. The third kappa shape index (κ3) is 67.8. The topological polar surface area (TPSA) is 237 Å². The Balaban J connectivity index is 5.30. The number of carbonyl (C=O) groups excluding carboxylic acids is 4. The van der Waals surface area contributed by atoms with E-state index in [4.69, 9.17) is 37.0 Å². The van der Waals surface area contributed by atoms with Crippen LogP contribution in [0.1, 0.15) is 362 Å². The Hall–Kier alpha value is -2.72.